The molecule has 1 spiro atoms. The number of aryl methyl sites for hydroxylation is 1. The Morgan fingerprint density at radius 2 is 2.12 bits per heavy atom. The third kappa shape index (κ3) is 4.16. The third-order valence-corrected chi connectivity index (χ3v) is 7.16. The molecule has 7 nitrogen and oxygen atoms in total. The maximum Gasteiger partial charge on any atom is 0.213 e. The molecule has 33 heavy (non-hydrogen) atoms. The number of hydrogen-bond donors (Lipinski definition) is 0. The minimum absolute atomic E-state index is 0.0939. The fourth-order valence-electron chi connectivity index (χ4n) is 5.74. The average molecular weight is 446 g/mol. The predicted octanol–water partition coefficient (Wildman–Crippen LogP) is 4.82. The molecule has 1 saturated heterocycles. The van der Waals surface area contributed by atoms with Gasteiger partial charge in [0.2, 0.25) is 5.88 Å². The van der Waals surface area contributed by atoms with Crippen LogP contribution in [-0.2, 0) is 11.3 Å². The molecule has 3 heterocycles. The summed E-state index contributed by atoms with van der Waals surface area (Å²) >= 11 is 0. The number of rotatable bonds is 5. The summed E-state index contributed by atoms with van der Waals surface area (Å²) < 4.78 is 14.3. The molecular formula is C26H31N5O2. The minimum Gasteiger partial charge on any atom is -0.478 e. The van der Waals surface area contributed by atoms with Gasteiger partial charge in [0.15, 0.2) is 0 Å². The number of benzene rings is 1. The maximum absolute atomic E-state index is 9.30. The topological polar surface area (TPSA) is 76.2 Å². The van der Waals surface area contributed by atoms with E-state index in [1.54, 1.807) is 0 Å². The summed E-state index contributed by atoms with van der Waals surface area (Å²) in [6.07, 6.45) is 8.19. The summed E-state index contributed by atoms with van der Waals surface area (Å²) in [5.41, 5.74) is 4.86. The molecule has 7 heteroatoms. The molecule has 2 aliphatic rings. The van der Waals surface area contributed by atoms with Gasteiger partial charge in [-0.1, -0.05) is 6.92 Å². The lowest BCUT2D eigenvalue weighted by molar-refractivity contribution is -0.0601. The molecule has 0 amide bonds. The number of ether oxygens (including phenoxy) is 2. The molecule has 2 aromatic heterocycles. The molecule has 172 valence electrons. The van der Waals surface area contributed by atoms with E-state index in [0.29, 0.717) is 24.8 Å². The van der Waals surface area contributed by atoms with Crippen molar-refractivity contribution in [3.8, 4) is 11.9 Å². The van der Waals surface area contributed by atoms with E-state index in [0.717, 1.165) is 61.1 Å². The second-order valence-electron chi connectivity index (χ2n) is 9.93. The summed E-state index contributed by atoms with van der Waals surface area (Å²) in [5.74, 6) is 0.672. The summed E-state index contributed by atoms with van der Waals surface area (Å²) in [5, 5.41) is 9.30. The molecule has 1 aromatic carbocycles. The number of aromatic nitrogens is 3. The molecule has 0 N–H and O–H groups in total. The molecule has 3 aromatic rings. The summed E-state index contributed by atoms with van der Waals surface area (Å²) in [4.78, 5) is 11.3. The number of nitriles is 1. The Bertz CT molecular complexity index is 1220. The fourth-order valence-corrected chi connectivity index (χ4v) is 5.74. The van der Waals surface area contributed by atoms with Crippen LogP contribution in [0, 0.1) is 23.7 Å². The van der Waals surface area contributed by atoms with Crippen molar-refractivity contribution in [2.24, 2.45) is 5.41 Å². The largest absolute Gasteiger partial charge is 0.478 e. The van der Waals surface area contributed by atoms with Crippen molar-refractivity contribution in [2.75, 3.05) is 24.8 Å². The maximum atomic E-state index is 9.30. The molecule has 0 radical (unpaired) electrons. The highest BCUT2D eigenvalue weighted by atomic mass is 16.5. The van der Waals surface area contributed by atoms with E-state index in [-0.39, 0.29) is 11.0 Å². The van der Waals surface area contributed by atoms with Crippen LogP contribution in [0.4, 0.5) is 5.69 Å². The highest BCUT2D eigenvalue weighted by Gasteiger charge is 2.47. The molecule has 2 fully saturated rings. The van der Waals surface area contributed by atoms with Crippen LogP contribution in [0.3, 0.4) is 0 Å². The highest BCUT2D eigenvalue weighted by Crippen LogP contribution is 2.47. The number of pyridine rings is 1. The van der Waals surface area contributed by atoms with Gasteiger partial charge in [0, 0.05) is 19.2 Å². The molecular weight excluding hydrogens is 414 g/mol. The van der Waals surface area contributed by atoms with E-state index in [1.807, 2.05) is 43.7 Å². The number of fused-ring (bicyclic) bond motifs is 1. The number of imidazole rings is 1. The van der Waals surface area contributed by atoms with Gasteiger partial charge >= 0.3 is 0 Å². The predicted molar refractivity (Wildman–Crippen MR) is 127 cm³/mol. The van der Waals surface area contributed by atoms with Crippen LogP contribution in [0.15, 0.2) is 36.8 Å². The van der Waals surface area contributed by atoms with Gasteiger partial charge in [0.1, 0.15) is 6.73 Å². The molecule has 5 rings (SSSR count). The SMILES string of the molecule is CCOc1cc(C)c(N2COC3(CCC[C@](C)(Cn4cnc5ccc(C#N)cc54)C3)C2)cn1. The first-order chi connectivity index (χ1) is 15.9. The molecule has 1 unspecified atom stereocenters. The van der Waals surface area contributed by atoms with Crippen LogP contribution in [-0.4, -0.2) is 40.0 Å². The Kier molecular flexibility index (Phi) is 5.49. The van der Waals surface area contributed by atoms with Crippen LogP contribution in [0.2, 0.25) is 0 Å². The zero-order chi connectivity index (χ0) is 23.1. The zero-order valence-electron chi connectivity index (χ0n) is 19.7. The average Bonchev–Trinajstić information content (AvgIpc) is 3.37. The molecule has 0 bridgehead atoms. The highest BCUT2D eigenvalue weighted by molar-refractivity contribution is 5.77. The van der Waals surface area contributed by atoms with Crippen molar-refractivity contribution >= 4 is 16.7 Å². The van der Waals surface area contributed by atoms with Crippen LogP contribution < -0.4 is 9.64 Å². The monoisotopic (exact) mass is 445 g/mol. The van der Waals surface area contributed by atoms with Gasteiger partial charge in [-0.05, 0) is 68.7 Å². The third-order valence-electron chi connectivity index (χ3n) is 7.16. The van der Waals surface area contributed by atoms with Crippen molar-refractivity contribution in [2.45, 2.75) is 58.6 Å². The van der Waals surface area contributed by atoms with Gasteiger partial charge in [-0.3, -0.25) is 0 Å². The van der Waals surface area contributed by atoms with E-state index < -0.39 is 0 Å². The van der Waals surface area contributed by atoms with E-state index in [9.17, 15) is 5.26 Å². The first kappa shape index (κ1) is 21.7. The normalized spacial score (nSPS) is 25.0. The smallest absolute Gasteiger partial charge is 0.213 e. The summed E-state index contributed by atoms with van der Waals surface area (Å²) in [7, 11) is 0. The van der Waals surface area contributed by atoms with Crippen molar-refractivity contribution < 1.29 is 9.47 Å². The standard InChI is InChI=1S/C26H31N5O2/c1-4-32-24-10-19(2)23(13-28-24)31-16-26(33-18-31)9-5-8-25(3,14-26)15-30-17-29-21-7-6-20(12-27)11-22(21)30/h6-7,10-11,13,17H,4-5,8-9,14-16,18H2,1-3H3/t25-,26?/m0/s1. The minimum atomic E-state index is -0.147. The van der Waals surface area contributed by atoms with Crippen LogP contribution in [0.25, 0.3) is 11.0 Å². The second-order valence-corrected chi connectivity index (χ2v) is 9.93. The van der Waals surface area contributed by atoms with E-state index in [2.05, 4.69) is 39.4 Å². The van der Waals surface area contributed by atoms with Crippen molar-refractivity contribution in [1.82, 2.24) is 14.5 Å². The quantitative estimate of drug-likeness (QED) is 0.560. The van der Waals surface area contributed by atoms with Crippen LogP contribution in [0.1, 0.15) is 50.7 Å². The second kappa shape index (κ2) is 8.35. The first-order valence-corrected chi connectivity index (χ1v) is 11.8. The molecule has 1 aliphatic heterocycles. The fraction of sp³-hybridized carbons (Fsp3) is 0.500. The van der Waals surface area contributed by atoms with E-state index >= 15 is 0 Å². The van der Waals surface area contributed by atoms with Gasteiger partial charge in [0.05, 0.1) is 53.1 Å². The van der Waals surface area contributed by atoms with Gasteiger partial charge in [0.25, 0.3) is 0 Å². The van der Waals surface area contributed by atoms with Crippen LogP contribution in [0.5, 0.6) is 5.88 Å². The Hall–Kier alpha value is -3.11. The Morgan fingerprint density at radius 3 is 2.91 bits per heavy atom. The summed E-state index contributed by atoms with van der Waals surface area (Å²) in [6, 6.07) is 9.96. The Balaban J connectivity index is 1.34. The Morgan fingerprint density at radius 1 is 1.24 bits per heavy atom. The first-order valence-electron chi connectivity index (χ1n) is 11.8. The van der Waals surface area contributed by atoms with Gasteiger partial charge < -0.3 is 18.9 Å². The van der Waals surface area contributed by atoms with Gasteiger partial charge in [-0.15, -0.1) is 0 Å². The summed E-state index contributed by atoms with van der Waals surface area (Å²) in [6.45, 7) is 9.39. The van der Waals surface area contributed by atoms with E-state index in [4.69, 9.17) is 9.47 Å². The Labute approximate surface area is 195 Å². The molecule has 2 atom stereocenters. The lowest BCUT2D eigenvalue weighted by Crippen LogP contribution is -2.45. The molecule has 1 saturated carbocycles. The van der Waals surface area contributed by atoms with E-state index in [1.165, 1.54) is 0 Å². The zero-order valence-corrected chi connectivity index (χ0v) is 19.7. The number of anilines is 1. The lowest BCUT2D eigenvalue weighted by Gasteiger charge is -2.43. The van der Waals surface area contributed by atoms with Crippen molar-refractivity contribution in [3.05, 3.63) is 47.9 Å². The lowest BCUT2D eigenvalue weighted by atomic mass is 9.68. The number of nitrogens with zero attached hydrogens (tertiary/aromatic N) is 5. The molecule has 1 aliphatic carbocycles. The van der Waals surface area contributed by atoms with Crippen molar-refractivity contribution in [1.29, 1.82) is 5.26 Å². The number of hydrogen-bond acceptors (Lipinski definition) is 6. The van der Waals surface area contributed by atoms with Gasteiger partial charge in [-0.25, -0.2) is 9.97 Å². The van der Waals surface area contributed by atoms with Crippen molar-refractivity contribution in [3.63, 3.8) is 0 Å². The van der Waals surface area contributed by atoms with Crippen LogP contribution >= 0.6 is 0 Å². The van der Waals surface area contributed by atoms with Gasteiger partial charge in [-0.2, -0.15) is 5.26 Å².